The number of benzene rings is 4. The number of allylic oxidation sites excluding steroid dienone is 3. The fraction of sp³-hybridized carbons (Fsp3) is 0.407. The van der Waals surface area contributed by atoms with E-state index in [9.17, 15) is 9.59 Å². The van der Waals surface area contributed by atoms with E-state index in [1.165, 1.54) is 61.1 Å². The molecule has 5 aromatic heterocycles. The Morgan fingerprint density at radius 3 is 1.05 bits per heavy atom. The molecule has 117 heavy (non-hydrogen) atoms. The third kappa shape index (κ3) is 23.2. The smallest absolute Gasteiger partial charge is 0.222 e. The van der Waals surface area contributed by atoms with Crippen molar-refractivity contribution in [3.8, 4) is 68.5 Å². The molecule has 618 valence electrons. The lowest BCUT2D eigenvalue weighted by molar-refractivity contribution is -0.132. The van der Waals surface area contributed by atoms with Crippen molar-refractivity contribution in [3.63, 3.8) is 0 Å². The van der Waals surface area contributed by atoms with E-state index in [0.717, 1.165) is 230 Å². The molecule has 7 aliphatic heterocycles. The first-order chi connectivity index (χ1) is 55.3. The molecule has 2 amide bonds. The highest BCUT2D eigenvalue weighted by atomic mass is 35.5. The molecule has 0 radical (unpaired) electrons. The third-order valence-corrected chi connectivity index (χ3v) is 23.2. The van der Waals surface area contributed by atoms with Crippen molar-refractivity contribution in [1.82, 2.24) is 65.4 Å². The summed E-state index contributed by atoms with van der Waals surface area (Å²) in [5, 5.41) is 49.0. The Bertz CT molecular complexity index is 4900. The molecule has 8 N–H and O–H groups in total. The topological polar surface area (TPSA) is 260 Å². The Hall–Kier alpha value is -10.1. The number of carbonyl (C=O) groups excluding carboxylic acids is 2. The van der Waals surface area contributed by atoms with Crippen molar-refractivity contribution in [2.75, 3.05) is 99.8 Å². The van der Waals surface area contributed by atoms with Crippen LogP contribution in [0.25, 0.3) is 72.9 Å². The number of halogens is 4. The van der Waals surface area contributed by atoms with Gasteiger partial charge in [-0.2, -0.15) is 20.4 Å². The summed E-state index contributed by atoms with van der Waals surface area (Å²) in [6.45, 7) is 14.2. The summed E-state index contributed by atoms with van der Waals surface area (Å²) in [5.41, 5.74) is 17.5. The zero-order valence-corrected chi connectivity index (χ0v) is 67.1. The lowest BCUT2D eigenvalue weighted by Gasteiger charge is -2.32. The highest BCUT2D eigenvalue weighted by Crippen LogP contribution is 2.42. The van der Waals surface area contributed by atoms with E-state index in [0.29, 0.717) is 34.6 Å². The first-order valence-corrected chi connectivity index (χ1v) is 41.2. The number of aliphatic imine (C=N–C) groups is 3. The highest BCUT2D eigenvalue weighted by Gasteiger charge is 2.34. The summed E-state index contributed by atoms with van der Waals surface area (Å²) < 4.78 is 0. The molecule has 1 aliphatic carbocycles. The number of likely N-dealkylation sites (tertiary alicyclic amines) is 4. The third-order valence-electron chi connectivity index (χ3n) is 22.2. The number of nitrogens with one attached hydrogen (secondary N) is 8. The zero-order chi connectivity index (χ0) is 78.0. The molecule has 1 saturated carbocycles. The number of H-pyrrole nitrogens is 4. The summed E-state index contributed by atoms with van der Waals surface area (Å²) in [6.07, 6.45) is 35.2. The van der Waals surface area contributed by atoms with Crippen LogP contribution in [0.2, 0.25) is 20.1 Å². The molecule has 4 saturated heterocycles. The highest BCUT2D eigenvalue weighted by molar-refractivity contribution is 6.31. The van der Waals surface area contributed by atoms with E-state index in [1.54, 1.807) is 19.3 Å². The number of rotatable bonds is 19. The van der Waals surface area contributed by atoms with Crippen molar-refractivity contribution in [1.29, 1.82) is 0 Å². The quantitative estimate of drug-likeness (QED) is 0.0351. The van der Waals surface area contributed by atoms with Gasteiger partial charge in [-0.25, -0.2) is 0 Å². The number of dihydropyridines is 3. The Labute approximate surface area is 710 Å². The fourth-order valence-electron chi connectivity index (χ4n) is 15.7. The van der Waals surface area contributed by atoms with Gasteiger partial charge in [0.2, 0.25) is 11.8 Å². The predicted octanol–water partition coefficient (Wildman–Crippen LogP) is 19.9. The molecule has 22 nitrogen and oxygen atoms in total. The maximum atomic E-state index is 11.9. The molecule has 8 aliphatic rings. The van der Waals surface area contributed by atoms with Gasteiger partial charge < -0.3 is 36.0 Å². The van der Waals surface area contributed by atoms with Crippen molar-refractivity contribution in [3.05, 3.63) is 177 Å². The monoisotopic (exact) mass is 1660 g/mol. The second kappa shape index (κ2) is 43.4. The average Bonchev–Trinajstić information content (AvgIpc) is 1.66. The van der Waals surface area contributed by atoms with Gasteiger partial charge in [-0.15, -0.1) is 6.42 Å². The van der Waals surface area contributed by atoms with Crippen molar-refractivity contribution in [2.24, 2.45) is 15.0 Å². The van der Waals surface area contributed by atoms with Crippen LogP contribution in [0, 0.1) is 12.3 Å². The number of nitrogens with zero attached hydrogens (tertiary/aromatic N) is 12. The van der Waals surface area contributed by atoms with E-state index in [1.807, 2.05) is 132 Å². The molecule has 4 aromatic carbocycles. The summed E-state index contributed by atoms with van der Waals surface area (Å²) in [4.78, 5) is 49.5. The molecule has 26 heteroatoms. The maximum absolute atomic E-state index is 11.9. The van der Waals surface area contributed by atoms with Gasteiger partial charge in [0, 0.05) is 206 Å². The molecule has 5 fully saturated rings. The van der Waals surface area contributed by atoms with Gasteiger partial charge >= 0.3 is 0 Å². The molecular weight excluding hydrogens is 1550 g/mol. The molecular formula is C91H114Cl4N20O2. The number of terminal acetylenes is 1. The maximum Gasteiger partial charge on any atom is 0.222 e. The van der Waals surface area contributed by atoms with E-state index < -0.39 is 0 Å². The fourth-order valence-corrected chi connectivity index (χ4v) is 16.2. The van der Waals surface area contributed by atoms with Crippen LogP contribution >= 0.6 is 46.4 Å². The van der Waals surface area contributed by atoms with E-state index in [-0.39, 0.29) is 47.6 Å². The van der Waals surface area contributed by atoms with Gasteiger partial charge in [-0.3, -0.25) is 54.8 Å². The Morgan fingerprint density at radius 1 is 0.427 bits per heavy atom. The standard InChI is InChI=1S/C22H24ClN5O.C22H26ClN5.C22H24ClN5.C21H24ClN5O.4CH4/c1-2-19(29)28-13-9-18(10-14-28)25-22-20(15-7-11-24-12-8-15)21(26-27-22)16-3-5-17(23)6-4-16;23-17-3-1-16(2-4-17)21-20(15-7-11-24-12-8-15)22(27-26-21)25-18-9-13-28(14-10-18)19-5-6-19;1-2-13-28-14-9-19(10-15-28)25-22-20(16-7-11-24-12-8-16)21(26-27-22)17-3-5-18(23)6-4-17;1-14(28)27-12-8-18(9-13-27)24-21-19(15-6-10-23-11-7-15)20(25-26-21)16-2-4-17(22)5-3-16;;;;/h3-8,11-12,18H,2,9-10,13-14H2,1H3,(H2,25,26,27);1-4,7,11,18-19H,5-6,8-10,12-14H2,(H2,25,26,27);1,3-7,11,19H,8-10,12-15H2,(H2,25,26,27);2-6,10,18H,7-9,11-13H2,1H3,(H2,24,25,26);4*1H4. The van der Waals surface area contributed by atoms with E-state index in [2.05, 4.69) is 128 Å². The van der Waals surface area contributed by atoms with Crippen LogP contribution in [0.4, 0.5) is 23.3 Å². The summed E-state index contributed by atoms with van der Waals surface area (Å²) in [6, 6.07) is 37.6. The second-order valence-corrected chi connectivity index (χ2v) is 31.5. The van der Waals surface area contributed by atoms with Crippen LogP contribution in [-0.4, -0.2) is 205 Å². The average molecular weight is 1660 g/mol. The first kappa shape index (κ1) is 89.2. The van der Waals surface area contributed by atoms with Crippen LogP contribution in [0.1, 0.15) is 150 Å². The minimum atomic E-state index is 0. The Kier molecular flexibility index (Phi) is 33.1. The summed E-state index contributed by atoms with van der Waals surface area (Å²) in [5.74, 6) is 6.69. The lowest BCUT2D eigenvalue weighted by atomic mass is 9.96. The van der Waals surface area contributed by atoms with E-state index in [4.69, 9.17) is 52.8 Å². The Morgan fingerprint density at radius 2 is 0.744 bits per heavy atom. The Balaban J connectivity index is 0.000000163. The minimum Gasteiger partial charge on any atom is -0.365 e. The molecule has 0 spiro atoms. The molecule has 0 unspecified atom stereocenters. The number of anilines is 4. The van der Waals surface area contributed by atoms with Crippen LogP contribution in [0.15, 0.2) is 155 Å². The normalized spacial score (nSPS) is 17.2. The molecule has 0 bridgehead atoms. The number of aromatic amines is 4. The largest absolute Gasteiger partial charge is 0.365 e. The number of aromatic nitrogens is 9. The minimum absolute atomic E-state index is 0. The van der Waals surface area contributed by atoms with Crippen molar-refractivity contribution < 1.29 is 9.59 Å². The van der Waals surface area contributed by atoms with Crippen LogP contribution in [0.5, 0.6) is 0 Å². The van der Waals surface area contributed by atoms with Crippen molar-refractivity contribution >= 4 is 117 Å². The lowest BCUT2D eigenvalue weighted by Crippen LogP contribution is -2.42. The van der Waals surface area contributed by atoms with Gasteiger partial charge in [0.15, 0.2) is 23.3 Å². The SMILES string of the molecule is C.C.C.C.C#CCN1CCC(Nc2n[nH]c(-c3ccc(Cl)cc3)c2C2=CC=NCC2)CC1.CC(=O)N1CCC(Nc2n[nH]c(-c3ccc(Cl)cc3)c2C2=CC=NCC2)CC1.CCC(=O)N1CCC(Nc2n[nH]c(-c3ccc(Cl)cc3)c2-c2ccncc2)CC1.Clc1ccc(-c2[nH]nc(NC3CCN(C4CC4)CC3)c2C2=CC=NCC2)cc1. The number of hydrogen-bond donors (Lipinski definition) is 8. The summed E-state index contributed by atoms with van der Waals surface area (Å²) in [7, 11) is 0. The number of hydrogen-bond acceptors (Lipinski definition) is 16. The first-order valence-electron chi connectivity index (χ1n) is 39.6. The zero-order valence-electron chi connectivity index (χ0n) is 64.1. The second-order valence-electron chi connectivity index (χ2n) is 29.7. The van der Waals surface area contributed by atoms with Crippen LogP contribution in [-0.2, 0) is 9.59 Å². The molecule has 9 aromatic rings. The number of pyridine rings is 1. The molecule has 17 rings (SSSR count). The van der Waals surface area contributed by atoms with Gasteiger partial charge in [-0.1, -0.05) is 137 Å². The van der Waals surface area contributed by atoms with Gasteiger partial charge in [-0.05, 0) is 185 Å². The number of amides is 2. The van der Waals surface area contributed by atoms with E-state index >= 15 is 0 Å². The van der Waals surface area contributed by atoms with Crippen LogP contribution < -0.4 is 21.3 Å². The van der Waals surface area contributed by atoms with Crippen LogP contribution in [0.3, 0.4) is 0 Å². The predicted molar refractivity (Wildman–Crippen MR) is 490 cm³/mol. The molecule has 12 heterocycles. The van der Waals surface area contributed by atoms with Gasteiger partial charge in [0.05, 0.1) is 34.9 Å². The van der Waals surface area contributed by atoms with Gasteiger partial charge in [0.1, 0.15) is 0 Å². The van der Waals surface area contributed by atoms with Gasteiger partial charge in [0.25, 0.3) is 0 Å². The summed E-state index contributed by atoms with van der Waals surface area (Å²) >= 11 is 24.3. The van der Waals surface area contributed by atoms with Crippen molar-refractivity contribution in [2.45, 2.75) is 164 Å². The number of piperidine rings is 4. The molecule has 0 atom stereocenters. The number of carbonyl (C=O) groups is 2.